The van der Waals surface area contributed by atoms with Crippen LogP contribution in [0.3, 0.4) is 0 Å². The van der Waals surface area contributed by atoms with E-state index in [1.165, 1.54) is 59.4 Å². The summed E-state index contributed by atoms with van der Waals surface area (Å²) in [6, 6.07) is 15.2. The van der Waals surface area contributed by atoms with Gasteiger partial charge in [-0.3, -0.25) is 4.57 Å². The topological polar surface area (TPSA) is 52.0 Å². The maximum Gasteiger partial charge on any atom is 0.178 e. The fourth-order valence-corrected chi connectivity index (χ4v) is 4.49. The van der Waals surface area contributed by atoms with E-state index < -0.39 is 21.5 Å². The fraction of sp³-hybridized carbons (Fsp3) is 0.0870. The number of aromatic nitrogens is 2. The second-order valence-electron chi connectivity index (χ2n) is 6.81. The molecule has 0 saturated heterocycles. The zero-order chi connectivity index (χ0) is 22.2. The molecule has 31 heavy (non-hydrogen) atoms. The average Bonchev–Trinajstić information content (AvgIpc) is 3.22. The predicted octanol–water partition coefficient (Wildman–Crippen LogP) is 5.93. The zero-order valence-corrected chi connectivity index (χ0v) is 18.0. The van der Waals surface area contributed by atoms with Crippen LogP contribution in [0.2, 0.25) is 5.02 Å². The van der Waals surface area contributed by atoms with Gasteiger partial charge in [0.05, 0.1) is 26.9 Å². The first kappa shape index (κ1) is 21.2. The summed E-state index contributed by atoms with van der Waals surface area (Å²) < 4.78 is 55.2. The van der Waals surface area contributed by atoms with Crippen LogP contribution in [0.4, 0.5) is 8.78 Å². The largest absolute Gasteiger partial charge is 0.297 e. The lowest BCUT2D eigenvalue weighted by molar-refractivity contribution is 0.597. The molecule has 8 heteroatoms. The molecule has 1 heterocycles. The van der Waals surface area contributed by atoms with Crippen molar-refractivity contribution in [2.24, 2.45) is 0 Å². The minimum atomic E-state index is -3.38. The van der Waals surface area contributed by atoms with Crippen LogP contribution in [-0.2, 0) is 9.84 Å². The average molecular weight is 459 g/mol. The second-order valence-corrected chi connectivity index (χ2v) is 9.50. The van der Waals surface area contributed by atoms with Crippen LogP contribution < -0.4 is 0 Å². The molecular formula is C23H17ClF2N2O2S. The molecule has 0 amide bonds. The van der Waals surface area contributed by atoms with Crippen LogP contribution >= 0.6 is 11.6 Å². The normalized spacial score (nSPS) is 11.6. The molecule has 0 radical (unpaired) electrons. The van der Waals surface area contributed by atoms with Crippen molar-refractivity contribution in [1.82, 2.24) is 9.55 Å². The van der Waals surface area contributed by atoms with Gasteiger partial charge in [-0.2, -0.15) is 0 Å². The monoisotopic (exact) mass is 458 g/mol. The standard InChI is InChI=1S/C23H17ClF2N2O2S/c1-2-31(29,30)17-6-3-5-15(13-17)16-9-10-21(20(26)14-16)28-12-11-27-23(28)22-18(24)7-4-8-19(22)25/h3-14H,2H2,1H3. The molecule has 0 N–H and O–H groups in total. The first-order valence-corrected chi connectivity index (χ1v) is 11.5. The number of rotatable bonds is 5. The van der Waals surface area contributed by atoms with Crippen LogP contribution in [0.15, 0.2) is 78.0 Å². The lowest BCUT2D eigenvalue weighted by atomic mass is 10.0. The van der Waals surface area contributed by atoms with Crippen molar-refractivity contribution in [1.29, 1.82) is 0 Å². The molecule has 0 fully saturated rings. The Labute approximate surface area is 183 Å². The Morgan fingerprint density at radius 1 is 0.968 bits per heavy atom. The van der Waals surface area contributed by atoms with Crippen LogP contribution in [-0.4, -0.2) is 23.7 Å². The number of hydrogen-bond acceptors (Lipinski definition) is 3. The molecule has 158 valence electrons. The highest BCUT2D eigenvalue weighted by Gasteiger charge is 2.18. The summed E-state index contributed by atoms with van der Waals surface area (Å²) in [7, 11) is -3.38. The third-order valence-corrected chi connectivity index (χ3v) is 6.99. The summed E-state index contributed by atoms with van der Waals surface area (Å²) >= 11 is 6.15. The number of nitrogens with zero attached hydrogens (tertiary/aromatic N) is 2. The van der Waals surface area contributed by atoms with Gasteiger partial charge in [-0.05, 0) is 47.5 Å². The molecule has 0 aliphatic carbocycles. The molecule has 4 rings (SSSR count). The van der Waals surface area contributed by atoms with E-state index in [0.717, 1.165) is 0 Å². The van der Waals surface area contributed by atoms with Crippen LogP contribution in [0.5, 0.6) is 0 Å². The van der Waals surface area contributed by atoms with Crippen LogP contribution in [0, 0.1) is 11.6 Å². The molecule has 0 atom stereocenters. The summed E-state index contributed by atoms with van der Waals surface area (Å²) in [6.45, 7) is 1.57. The van der Waals surface area contributed by atoms with Crippen molar-refractivity contribution in [2.45, 2.75) is 11.8 Å². The van der Waals surface area contributed by atoms with E-state index in [0.29, 0.717) is 11.1 Å². The number of hydrogen-bond donors (Lipinski definition) is 0. The van der Waals surface area contributed by atoms with Gasteiger partial charge in [-0.25, -0.2) is 22.2 Å². The lowest BCUT2D eigenvalue weighted by Crippen LogP contribution is -2.03. The number of sulfone groups is 1. The van der Waals surface area contributed by atoms with Crippen molar-refractivity contribution in [3.63, 3.8) is 0 Å². The van der Waals surface area contributed by atoms with Gasteiger partial charge in [0.2, 0.25) is 0 Å². The van der Waals surface area contributed by atoms with Gasteiger partial charge in [-0.15, -0.1) is 0 Å². The van der Waals surface area contributed by atoms with E-state index in [9.17, 15) is 12.8 Å². The number of halogens is 3. The Kier molecular flexibility index (Phi) is 5.64. The second kappa shape index (κ2) is 8.24. The van der Waals surface area contributed by atoms with Gasteiger partial charge in [0.15, 0.2) is 9.84 Å². The molecule has 0 unspecified atom stereocenters. The van der Waals surface area contributed by atoms with Crippen molar-refractivity contribution in [3.8, 4) is 28.2 Å². The number of imidazole rings is 1. The van der Waals surface area contributed by atoms with E-state index in [4.69, 9.17) is 11.6 Å². The van der Waals surface area contributed by atoms with E-state index in [1.807, 2.05) is 0 Å². The van der Waals surface area contributed by atoms with E-state index in [1.54, 1.807) is 25.1 Å². The third-order valence-electron chi connectivity index (χ3n) is 4.94. The van der Waals surface area contributed by atoms with E-state index in [2.05, 4.69) is 4.98 Å². The molecular weight excluding hydrogens is 442 g/mol. The van der Waals surface area contributed by atoms with Crippen molar-refractivity contribution in [2.75, 3.05) is 5.75 Å². The Hall–Kier alpha value is -3.03. The first-order valence-electron chi connectivity index (χ1n) is 9.42. The minimum Gasteiger partial charge on any atom is -0.297 e. The highest BCUT2D eigenvalue weighted by molar-refractivity contribution is 7.91. The highest BCUT2D eigenvalue weighted by Crippen LogP contribution is 2.32. The highest BCUT2D eigenvalue weighted by atomic mass is 35.5. The molecule has 0 bridgehead atoms. The van der Waals surface area contributed by atoms with E-state index >= 15 is 4.39 Å². The van der Waals surface area contributed by atoms with E-state index in [-0.39, 0.29) is 32.7 Å². The molecule has 3 aromatic carbocycles. The maximum absolute atomic E-state index is 15.1. The summed E-state index contributed by atoms with van der Waals surface area (Å²) in [5, 5.41) is 0.165. The summed E-state index contributed by atoms with van der Waals surface area (Å²) in [5.41, 5.74) is 1.32. The third kappa shape index (κ3) is 3.98. The van der Waals surface area contributed by atoms with Gasteiger partial charge in [0, 0.05) is 12.4 Å². The minimum absolute atomic E-state index is 0.0221. The quantitative estimate of drug-likeness (QED) is 0.372. The fourth-order valence-electron chi connectivity index (χ4n) is 3.31. The van der Waals surface area contributed by atoms with Gasteiger partial charge < -0.3 is 0 Å². The Morgan fingerprint density at radius 2 is 1.71 bits per heavy atom. The summed E-state index contributed by atoms with van der Waals surface area (Å²) in [4.78, 5) is 4.34. The summed E-state index contributed by atoms with van der Waals surface area (Å²) in [6.07, 6.45) is 2.95. The van der Waals surface area contributed by atoms with Gasteiger partial charge in [-0.1, -0.05) is 42.8 Å². The molecule has 0 saturated carbocycles. The smallest absolute Gasteiger partial charge is 0.178 e. The molecule has 4 nitrogen and oxygen atoms in total. The number of benzene rings is 3. The van der Waals surface area contributed by atoms with Crippen molar-refractivity contribution in [3.05, 3.63) is 89.7 Å². The first-order chi connectivity index (χ1) is 14.8. The molecule has 1 aromatic heterocycles. The molecule has 4 aromatic rings. The maximum atomic E-state index is 15.1. The SMILES string of the molecule is CCS(=O)(=O)c1cccc(-c2ccc(-n3ccnc3-c3c(F)cccc3Cl)c(F)c2)c1. The van der Waals surface area contributed by atoms with Crippen molar-refractivity contribution < 1.29 is 17.2 Å². The zero-order valence-electron chi connectivity index (χ0n) is 16.4. The van der Waals surface area contributed by atoms with Crippen LogP contribution in [0.1, 0.15) is 6.92 Å². The molecule has 0 aliphatic heterocycles. The van der Waals surface area contributed by atoms with Gasteiger partial charge in [0.1, 0.15) is 17.5 Å². The van der Waals surface area contributed by atoms with Crippen LogP contribution in [0.25, 0.3) is 28.2 Å². The summed E-state index contributed by atoms with van der Waals surface area (Å²) in [5.74, 6) is -0.990. The molecule has 0 spiro atoms. The Balaban J connectivity index is 1.78. The Morgan fingerprint density at radius 3 is 2.42 bits per heavy atom. The van der Waals surface area contributed by atoms with Gasteiger partial charge in [0.25, 0.3) is 0 Å². The Bertz CT molecular complexity index is 1360. The van der Waals surface area contributed by atoms with Gasteiger partial charge >= 0.3 is 0 Å². The predicted molar refractivity (Wildman–Crippen MR) is 117 cm³/mol. The lowest BCUT2D eigenvalue weighted by Gasteiger charge is -2.12. The molecule has 0 aliphatic rings. The van der Waals surface area contributed by atoms with Crippen molar-refractivity contribution >= 4 is 21.4 Å².